The fraction of sp³-hybridized carbons (Fsp3) is 0.250. The largest absolute Gasteiger partial charge is 0.496 e. The van der Waals surface area contributed by atoms with E-state index < -0.39 is 0 Å². The van der Waals surface area contributed by atoms with Gasteiger partial charge in [-0.3, -0.25) is 4.79 Å². The highest BCUT2D eigenvalue weighted by molar-refractivity contribution is 6.29. The van der Waals surface area contributed by atoms with Crippen molar-refractivity contribution in [1.82, 2.24) is 5.32 Å². The third kappa shape index (κ3) is 3.28. The molecule has 3 nitrogen and oxygen atoms in total. The number of hydrogen-bond donors (Lipinski definition) is 1. The zero-order chi connectivity index (χ0) is 12.1. The van der Waals surface area contributed by atoms with Crippen molar-refractivity contribution in [2.24, 2.45) is 0 Å². The van der Waals surface area contributed by atoms with Crippen LogP contribution in [0.3, 0.4) is 0 Å². The lowest BCUT2D eigenvalue weighted by molar-refractivity contribution is 0.0957. The van der Waals surface area contributed by atoms with Crippen LogP contribution in [0.25, 0.3) is 0 Å². The Morgan fingerprint density at radius 1 is 1.56 bits per heavy atom. The average molecular weight is 240 g/mol. The number of benzene rings is 1. The molecule has 1 aromatic carbocycles. The van der Waals surface area contributed by atoms with Crippen LogP contribution in [0.5, 0.6) is 5.75 Å². The maximum Gasteiger partial charge on any atom is 0.251 e. The van der Waals surface area contributed by atoms with Crippen molar-refractivity contribution in [3.63, 3.8) is 0 Å². The molecule has 0 saturated carbocycles. The third-order valence-electron chi connectivity index (χ3n) is 2.11. The zero-order valence-corrected chi connectivity index (χ0v) is 10.1. The number of carbonyl (C=O) groups is 1. The highest BCUT2D eigenvalue weighted by Gasteiger charge is 2.07. The van der Waals surface area contributed by atoms with Crippen molar-refractivity contribution in [1.29, 1.82) is 0 Å². The summed E-state index contributed by atoms with van der Waals surface area (Å²) >= 11 is 5.56. The molecule has 0 spiro atoms. The Bertz CT molecular complexity index is 415. The zero-order valence-electron chi connectivity index (χ0n) is 9.34. The molecule has 0 aliphatic carbocycles. The number of methoxy groups -OCH3 is 1. The number of hydrogen-bond acceptors (Lipinski definition) is 2. The van der Waals surface area contributed by atoms with Crippen LogP contribution in [0.4, 0.5) is 0 Å². The van der Waals surface area contributed by atoms with Crippen LogP contribution in [-0.2, 0) is 0 Å². The van der Waals surface area contributed by atoms with E-state index in [1.165, 1.54) is 0 Å². The number of ether oxygens (including phenoxy) is 1. The monoisotopic (exact) mass is 239 g/mol. The van der Waals surface area contributed by atoms with Crippen molar-refractivity contribution < 1.29 is 9.53 Å². The summed E-state index contributed by atoms with van der Waals surface area (Å²) in [7, 11) is 1.57. The van der Waals surface area contributed by atoms with Crippen molar-refractivity contribution >= 4 is 17.5 Å². The van der Waals surface area contributed by atoms with Gasteiger partial charge in [-0.1, -0.05) is 24.2 Å². The Labute approximate surface area is 100 Å². The second-order valence-electron chi connectivity index (χ2n) is 3.38. The van der Waals surface area contributed by atoms with E-state index in [1.54, 1.807) is 19.2 Å². The molecule has 0 bridgehead atoms. The smallest absolute Gasteiger partial charge is 0.251 e. The van der Waals surface area contributed by atoms with Gasteiger partial charge in [-0.15, -0.1) is 0 Å². The second-order valence-corrected chi connectivity index (χ2v) is 3.92. The van der Waals surface area contributed by atoms with E-state index in [0.717, 1.165) is 5.56 Å². The lowest BCUT2D eigenvalue weighted by atomic mass is 10.1. The number of aryl methyl sites for hydroxylation is 1. The molecule has 16 heavy (non-hydrogen) atoms. The molecule has 0 aliphatic rings. The summed E-state index contributed by atoms with van der Waals surface area (Å²) in [6.07, 6.45) is 0. The molecule has 1 aromatic rings. The van der Waals surface area contributed by atoms with Gasteiger partial charge in [-0.05, 0) is 24.6 Å². The highest BCUT2D eigenvalue weighted by Crippen LogP contribution is 2.18. The number of rotatable bonds is 4. The first kappa shape index (κ1) is 12.6. The lowest BCUT2D eigenvalue weighted by Gasteiger charge is -2.08. The van der Waals surface area contributed by atoms with E-state index in [2.05, 4.69) is 11.9 Å². The molecular formula is C12H14ClNO2. The molecule has 1 amide bonds. The highest BCUT2D eigenvalue weighted by atomic mass is 35.5. The average Bonchev–Trinajstić information content (AvgIpc) is 2.26. The first-order valence-corrected chi connectivity index (χ1v) is 5.18. The van der Waals surface area contributed by atoms with E-state index in [9.17, 15) is 4.79 Å². The van der Waals surface area contributed by atoms with Crippen LogP contribution in [0.1, 0.15) is 15.9 Å². The fourth-order valence-electron chi connectivity index (χ4n) is 1.24. The van der Waals surface area contributed by atoms with Gasteiger partial charge in [0.15, 0.2) is 0 Å². The number of carbonyl (C=O) groups excluding carboxylic acids is 1. The van der Waals surface area contributed by atoms with Gasteiger partial charge >= 0.3 is 0 Å². The van der Waals surface area contributed by atoms with Crippen molar-refractivity contribution in [3.8, 4) is 5.75 Å². The standard InChI is InChI=1S/C12H14ClNO2/c1-8-4-5-10(6-11(8)16-3)12(15)14-7-9(2)13/h4-6H,2,7H2,1,3H3,(H,14,15). The third-order valence-corrected chi connectivity index (χ3v) is 2.24. The number of halogens is 1. The minimum atomic E-state index is -0.194. The fourth-order valence-corrected chi connectivity index (χ4v) is 1.31. The van der Waals surface area contributed by atoms with Crippen LogP contribution >= 0.6 is 11.6 Å². The van der Waals surface area contributed by atoms with Gasteiger partial charge in [0.1, 0.15) is 5.75 Å². The Kier molecular flexibility index (Phi) is 4.38. The Hall–Kier alpha value is -1.48. The normalized spacial score (nSPS) is 9.69. The molecule has 0 saturated heterocycles. The second kappa shape index (κ2) is 5.56. The van der Waals surface area contributed by atoms with Crippen LogP contribution in [0, 0.1) is 6.92 Å². The van der Waals surface area contributed by atoms with Crippen molar-refractivity contribution in [2.75, 3.05) is 13.7 Å². The molecular weight excluding hydrogens is 226 g/mol. The van der Waals surface area contributed by atoms with Gasteiger partial charge in [0.2, 0.25) is 0 Å². The molecule has 0 radical (unpaired) electrons. The van der Waals surface area contributed by atoms with Crippen LogP contribution in [0.2, 0.25) is 0 Å². The summed E-state index contributed by atoms with van der Waals surface area (Å²) in [5.74, 6) is 0.498. The predicted octanol–water partition coefficient (Wildman–Crippen LogP) is 2.49. The molecule has 1 N–H and O–H groups in total. The number of amides is 1. The van der Waals surface area contributed by atoms with Gasteiger partial charge < -0.3 is 10.1 Å². The summed E-state index contributed by atoms with van der Waals surface area (Å²) in [5.41, 5.74) is 1.53. The van der Waals surface area contributed by atoms with Gasteiger partial charge in [-0.25, -0.2) is 0 Å². The Morgan fingerprint density at radius 2 is 2.25 bits per heavy atom. The Morgan fingerprint density at radius 3 is 2.81 bits per heavy atom. The van der Waals surface area contributed by atoms with Gasteiger partial charge in [0, 0.05) is 10.6 Å². The Balaban J connectivity index is 2.80. The summed E-state index contributed by atoms with van der Waals surface area (Å²) in [5, 5.41) is 3.04. The molecule has 86 valence electrons. The molecule has 0 aliphatic heterocycles. The van der Waals surface area contributed by atoms with Crippen molar-refractivity contribution in [2.45, 2.75) is 6.92 Å². The summed E-state index contributed by atoms with van der Waals surface area (Å²) in [6.45, 7) is 5.67. The van der Waals surface area contributed by atoms with Gasteiger partial charge in [0.05, 0.1) is 13.7 Å². The van der Waals surface area contributed by atoms with E-state index in [0.29, 0.717) is 16.3 Å². The van der Waals surface area contributed by atoms with Crippen LogP contribution in [-0.4, -0.2) is 19.6 Å². The molecule has 0 aromatic heterocycles. The van der Waals surface area contributed by atoms with E-state index in [4.69, 9.17) is 16.3 Å². The number of nitrogens with one attached hydrogen (secondary N) is 1. The SMILES string of the molecule is C=C(Cl)CNC(=O)c1ccc(C)c(OC)c1. The van der Waals surface area contributed by atoms with Crippen molar-refractivity contribution in [3.05, 3.63) is 40.9 Å². The maximum atomic E-state index is 11.7. The lowest BCUT2D eigenvalue weighted by Crippen LogP contribution is -2.24. The van der Waals surface area contributed by atoms with Gasteiger partial charge in [-0.2, -0.15) is 0 Å². The van der Waals surface area contributed by atoms with Crippen LogP contribution in [0.15, 0.2) is 29.8 Å². The molecule has 0 fully saturated rings. The summed E-state index contributed by atoms with van der Waals surface area (Å²) < 4.78 is 5.14. The van der Waals surface area contributed by atoms with E-state index >= 15 is 0 Å². The van der Waals surface area contributed by atoms with Crippen LogP contribution < -0.4 is 10.1 Å². The van der Waals surface area contributed by atoms with Gasteiger partial charge in [0.25, 0.3) is 5.91 Å². The summed E-state index contributed by atoms with van der Waals surface area (Å²) in [6, 6.07) is 5.27. The molecule has 0 unspecified atom stereocenters. The molecule has 0 atom stereocenters. The topological polar surface area (TPSA) is 38.3 Å². The minimum absolute atomic E-state index is 0.194. The molecule has 1 rings (SSSR count). The predicted molar refractivity (Wildman–Crippen MR) is 65.1 cm³/mol. The maximum absolute atomic E-state index is 11.7. The quantitative estimate of drug-likeness (QED) is 0.877. The molecule has 4 heteroatoms. The first-order valence-electron chi connectivity index (χ1n) is 4.80. The summed E-state index contributed by atoms with van der Waals surface area (Å²) in [4.78, 5) is 11.7. The molecule has 0 heterocycles. The van der Waals surface area contributed by atoms with E-state index in [1.807, 2.05) is 13.0 Å². The first-order chi connectivity index (χ1) is 7.54. The van der Waals surface area contributed by atoms with E-state index in [-0.39, 0.29) is 12.5 Å². The minimum Gasteiger partial charge on any atom is -0.496 e.